The fourth-order valence-electron chi connectivity index (χ4n) is 9.04. The summed E-state index contributed by atoms with van der Waals surface area (Å²) >= 11 is 0. The Morgan fingerprint density at radius 2 is 1.68 bits per heavy atom. The van der Waals surface area contributed by atoms with Gasteiger partial charge in [-0.1, -0.05) is 39.2 Å². The first-order chi connectivity index (χ1) is 22.5. The largest absolute Gasteiger partial charge is 0.497 e. The van der Waals surface area contributed by atoms with Gasteiger partial charge in [0.1, 0.15) is 5.75 Å². The molecule has 0 bridgehead atoms. The van der Waals surface area contributed by atoms with Crippen LogP contribution in [0.4, 0.5) is 0 Å². The van der Waals surface area contributed by atoms with Crippen LogP contribution in [0.5, 0.6) is 5.75 Å². The summed E-state index contributed by atoms with van der Waals surface area (Å²) in [5, 5.41) is 1.08. The van der Waals surface area contributed by atoms with Gasteiger partial charge in [-0.05, 0) is 92.3 Å². The minimum absolute atomic E-state index is 0.0709. The van der Waals surface area contributed by atoms with Gasteiger partial charge in [-0.25, -0.2) is 4.72 Å². The minimum atomic E-state index is -3.96. The first-order valence-electron chi connectivity index (χ1n) is 17.5. The zero-order valence-corrected chi connectivity index (χ0v) is 29.2. The second-order valence-corrected chi connectivity index (χ2v) is 16.3. The molecule has 7 rings (SSSR count). The van der Waals surface area contributed by atoms with E-state index in [1.165, 1.54) is 44.5 Å². The predicted octanol–water partition coefficient (Wildman–Crippen LogP) is 6.57. The Morgan fingerprint density at radius 1 is 0.979 bits per heavy atom. The number of carbonyl (C=O) groups excluding carboxylic acids is 2. The highest BCUT2D eigenvalue weighted by Gasteiger charge is 2.65. The first kappa shape index (κ1) is 32.2. The second-order valence-electron chi connectivity index (χ2n) is 14.4. The van der Waals surface area contributed by atoms with E-state index < -0.39 is 21.5 Å². The highest BCUT2D eigenvalue weighted by molar-refractivity contribution is 7.87. The lowest BCUT2D eigenvalue weighted by Crippen LogP contribution is -2.46. The molecular formula is C37H48N4O5S. The molecule has 1 saturated heterocycles. The fourth-order valence-corrected chi connectivity index (χ4v) is 9.58. The number of likely N-dealkylation sites (tertiary alicyclic amines) is 1. The van der Waals surface area contributed by atoms with E-state index in [2.05, 4.69) is 40.2 Å². The lowest BCUT2D eigenvalue weighted by molar-refractivity contribution is -0.141. The van der Waals surface area contributed by atoms with Gasteiger partial charge >= 0.3 is 10.2 Å². The summed E-state index contributed by atoms with van der Waals surface area (Å²) in [6, 6.07) is 12.4. The number of nitrogens with one attached hydrogen (secondary N) is 1. The van der Waals surface area contributed by atoms with Crippen LogP contribution in [0.1, 0.15) is 111 Å². The molecule has 9 nitrogen and oxygen atoms in total. The summed E-state index contributed by atoms with van der Waals surface area (Å²) in [7, 11) is 0.515. The lowest BCUT2D eigenvalue weighted by Gasteiger charge is -2.34. The second kappa shape index (κ2) is 11.9. The number of amides is 2. The van der Waals surface area contributed by atoms with E-state index in [1.807, 2.05) is 18.2 Å². The molecule has 2 aliphatic heterocycles. The van der Waals surface area contributed by atoms with E-state index in [-0.39, 0.29) is 29.5 Å². The maximum Gasteiger partial charge on any atom is 0.303 e. The summed E-state index contributed by atoms with van der Waals surface area (Å²) in [6.45, 7) is 4.90. The van der Waals surface area contributed by atoms with Crippen molar-refractivity contribution >= 4 is 32.9 Å². The van der Waals surface area contributed by atoms with Crippen LogP contribution in [-0.4, -0.2) is 67.3 Å². The summed E-state index contributed by atoms with van der Waals surface area (Å²) in [4.78, 5) is 30.6. The number of nitrogens with zero attached hydrogens (tertiary/aromatic N) is 3. The van der Waals surface area contributed by atoms with Crippen molar-refractivity contribution < 1.29 is 22.7 Å². The maximum absolute atomic E-state index is 15.0. The molecular weight excluding hydrogens is 612 g/mol. The number of aromatic nitrogens is 1. The van der Waals surface area contributed by atoms with Crippen LogP contribution < -0.4 is 9.46 Å². The molecule has 2 aliphatic carbocycles. The van der Waals surface area contributed by atoms with Gasteiger partial charge in [-0.2, -0.15) is 12.7 Å². The summed E-state index contributed by atoms with van der Waals surface area (Å²) in [5.41, 5.74) is 5.32. The number of rotatable bonds is 8. The Morgan fingerprint density at radius 3 is 2.32 bits per heavy atom. The van der Waals surface area contributed by atoms with Gasteiger partial charge in [0.25, 0.3) is 5.91 Å². The third-order valence-electron chi connectivity index (χ3n) is 11.7. The average molecular weight is 661 g/mol. The van der Waals surface area contributed by atoms with Gasteiger partial charge in [-0.3, -0.25) is 9.59 Å². The van der Waals surface area contributed by atoms with Crippen LogP contribution in [0.3, 0.4) is 0 Å². The van der Waals surface area contributed by atoms with E-state index in [9.17, 15) is 13.2 Å². The number of ether oxygens (including phenoxy) is 1. The molecule has 4 aliphatic rings. The van der Waals surface area contributed by atoms with Crippen molar-refractivity contribution in [2.45, 2.75) is 109 Å². The zero-order valence-electron chi connectivity index (χ0n) is 28.3. The molecule has 2 amide bonds. The Bertz CT molecular complexity index is 1830. The molecule has 2 saturated carbocycles. The maximum atomic E-state index is 15.0. The highest BCUT2D eigenvalue weighted by Crippen LogP contribution is 2.66. The molecule has 1 N–H and O–H groups in total. The van der Waals surface area contributed by atoms with E-state index in [4.69, 9.17) is 4.74 Å². The number of hydrogen-bond donors (Lipinski definition) is 1. The lowest BCUT2D eigenvalue weighted by atomic mass is 9.81. The van der Waals surface area contributed by atoms with Crippen LogP contribution in [0.2, 0.25) is 0 Å². The molecule has 10 heteroatoms. The van der Waals surface area contributed by atoms with Gasteiger partial charge < -0.3 is 14.2 Å². The topological polar surface area (TPSA) is 101 Å². The molecule has 0 radical (unpaired) electrons. The van der Waals surface area contributed by atoms with Crippen LogP contribution in [0, 0.1) is 5.41 Å². The molecule has 0 spiro atoms. The number of carbonyl (C=O) groups is 2. The van der Waals surface area contributed by atoms with Gasteiger partial charge in [0.2, 0.25) is 5.91 Å². The van der Waals surface area contributed by atoms with Crippen molar-refractivity contribution in [2.24, 2.45) is 5.41 Å². The van der Waals surface area contributed by atoms with Gasteiger partial charge in [0, 0.05) is 60.7 Å². The third kappa shape index (κ3) is 5.17. The van der Waals surface area contributed by atoms with E-state index in [0.717, 1.165) is 77.2 Å². The number of hydrogen-bond acceptors (Lipinski definition) is 5. The zero-order chi connectivity index (χ0) is 33.2. The van der Waals surface area contributed by atoms with Crippen molar-refractivity contribution in [3.8, 4) is 17.0 Å². The Hall–Kier alpha value is -3.37. The number of methoxy groups -OCH3 is 1. The highest BCUT2D eigenvalue weighted by atomic mass is 32.2. The van der Waals surface area contributed by atoms with E-state index in [0.29, 0.717) is 12.5 Å². The summed E-state index contributed by atoms with van der Waals surface area (Å²) < 4.78 is 36.4. The van der Waals surface area contributed by atoms with Gasteiger partial charge in [-0.15, -0.1) is 0 Å². The number of benzene rings is 2. The SMILES string of the molecule is CCC1CCC(CC)N1C(=O)[C@]12C[C@H]1c1cc(OC)ccc1-c1c(C3CCCCC3)c3ccc(C(=O)NS(=O)(=O)N(C)C)cc3n1C2. The first-order valence-corrected chi connectivity index (χ1v) is 18.9. The van der Waals surface area contributed by atoms with Crippen molar-refractivity contribution in [3.63, 3.8) is 0 Å². The van der Waals surface area contributed by atoms with Crippen molar-refractivity contribution in [1.29, 1.82) is 0 Å². The monoisotopic (exact) mass is 660 g/mol. The normalized spacial score (nSPS) is 25.7. The standard InChI is InChI=1S/C37H48N4O5S/c1-6-25-14-15-26(7-2)41(25)36(43)37-21-31(37)30-20-27(46-5)16-18-28(30)34-33(23-11-9-8-10-12-23)29-17-13-24(19-32(29)40(34)22-37)35(42)38-47(44,45)39(3)4/h13,16-20,23,25-26,31H,6-12,14-15,21-22H2,1-5H3,(H,38,42)/t25?,26?,31-,37-/m0/s1. The average Bonchev–Trinajstić information content (AvgIpc) is 3.55. The molecule has 3 fully saturated rings. The molecule has 3 heterocycles. The van der Waals surface area contributed by atoms with Crippen LogP contribution in [0.25, 0.3) is 22.2 Å². The molecule has 2 aromatic carbocycles. The molecule has 4 atom stereocenters. The third-order valence-corrected chi connectivity index (χ3v) is 13.1. The van der Waals surface area contributed by atoms with E-state index >= 15 is 4.79 Å². The van der Waals surface area contributed by atoms with Crippen molar-refractivity contribution in [1.82, 2.24) is 18.5 Å². The fraction of sp³-hybridized carbons (Fsp3) is 0.568. The molecule has 2 unspecified atom stereocenters. The predicted molar refractivity (Wildman–Crippen MR) is 184 cm³/mol. The molecule has 3 aromatic rings. The summed E-state index contributed by atoms with van der Waals surface area (Å²) in [5.74, 6) is 0.813. The Kier molecular flexibility index (Phi) is 8.18. The Balaban J connectivity index is 1.45. The molecule has 47 heavy (non-hydrogen) atoms. The van der Waals surface area contributed by atoms with Gasteiger partial charge in [0.05, 0.1) is 18.2 Å². The molecule has 252 valence electrons. The van der Waals surface area contributed by atoms with Crippen molar-refractivity contribution in [2.75, 3.05) is 21.2 Å². The van der Waals surface area contributed by atoms with Crippen LogP contribution >= 0.6 is 0 Å². The minimum Gasteiger partial charge on any atom is -0.497 e. The van der Waals surface area contributed by atoms with Crippen LogP contribution in [-0.2, 0) is 21.5 Å². The van der Waals surface area contributed by atoms with Gasteiger partial charge in [0.15, 0.2) is 0 Å². The molecule has 1 aromatic heterocycles. The van der Waals surface area contributed by atoms with E-state index in [1.54, 1.807) is 13.2 Å². The smallest absolute Gasteiger partial charge is 0.303 e. The Labute approximate surface area is 278 Å². The number of fused-ring (bicyclic) bond motifs is 7. The van der Waals surface area contributed by atoms with Crippen molar-refractivity contribution in [3.05, 3.63) is 53.1 Å². The summed E-state index contributed by atoms with van der Waals surface area (Å²) in [6.07, 6.45) is 10.5. The quantitative estimate of drug-likeness (QED) is 0.295. The van der Waals surface area contributed by atoms with Crippen LogP contribution in [0.15, 0.2) is 36.4 Å².